The lowest BCUT2D eigenvalue weighted by atomic mass is 10.1. The Morgan fingerprint density at radius 2 is 2.47 bits per heavy atom. The SMILES string of the molecule is CCOC1CCCN(c2ccnc(CN)c2)C1. The highest BCUT2D eigenvalue weighted by atomic mass is 16.5. The van der Waals surface area contributed by atoms with Crippen LogP contribution >= 0.6 is 0 Å². The molecule has 0 spiro atoms. The zero-order valence-electron chi connectivity index (χ0n) is 10.4. The monoisotopic (exact) mass is 235 g/mol. The first-order valence-electron chi connectivity index (χ1n) is 6.35. The summed E-state index contributed by atoms with van der Waals surface area (Å²) in [6.45, 7) is 5.41. The Labute approximate surface area is 103 Å². The molecule has 2 heterocycles. The van der Waals surface area contributed by atoms with E-state index in [-0.39, 0.29) is 0 Å². The Morgan fingerprint density at radius 1 is 1.59 bits per heavy atom. The number of anilines is 1. The Hall–Kier alpha value is -1.13. The van der Waals surface area contributed by atoms with E-state index in [1.165, 1.54) is 18.5 Å². The number of piperidine rings is 1. The van der Waals surface area contributed by atoms with Crippen LogP contribution in [0, 0.1) is 0 Å². The van der Waals surface area contributed by atoms with Gasteiger partial charge in [-0.15, -0.1) is 0 Å². The lowest BCUT2D eigenvalue weighted by Gasteiger charge is -2.34. The molecule has 1 aliphatic heterocycles. The summed E-state index contributed by atoms with van der Waals surface area (Å²) < 4.78 is 5.71. The normalized spacial score (nSPS) is 20.6. The molecular formula is C13H21N3O. The van der Waals surface area contributed by atoms with Crippen LogP contribution in [-0.2, 0) is 11.3 Å². The lowest BCUT2D eigenvalue weighted by Crippen LogP contribution is -2.39. The van der Waals surface area contributed by atoms with E-state index in [0.29, 0.717) is 12.6 Å². The molecular weight excluding hydrogens is 214 g/mol. The Morgan fingerprint density at radius 3 is 3.24 bits per heavy atom. The van der Waals surface area contributed by atoms with Gasteiger partial charge in [-0.1, -0.05) is 0 Å². The Bertz CT molecular complexity index is 354. The molecule has 94 valence electrons. The predicted octanol–water partition coefficient (Wildman–Crippen LogP) is 1.55. The maximum atomic E-state index is 5.71. The van der Waals surface area contributed by atoms with Gasteiger partial charge in [0.05, 0.1) is 11.8 Å². The minimum absolute atomic E-state index is 0.364. The van der Waals surface area contributed by atoms with Crippen molar-refractivity contribution in [3.63, 3.8) is 0 Å². The molecule has 1 aliphatic rings. The smallest absolute Gasteiger partial charge is 0.0750 e. The number of ether oxygens (including phenoxy) is 1. The minimum atomic E-state index is 0.364. The Kier molecular flexibility index (Phi) is 4.34. The van der Waals surface area contributed by atoms with E-state index in [4.69, 9.17) is 10.5 Å². The number of hydrogen-bond donors (Lipinski definition) is 1. The van der Waals surface area contributed by atoms with Gasteiger partial charge < -0.3 is 15.4 Å². The number of nitrogens with two attached hydrogens (primary N) is 1. The van der Waals surface area contributed by atoms with Gasteiger partial charge >= 0.3 is 0 Å². The van der Waals surface area contributed by atoms with Gasteiger partial charge in [-0.25, -0.2) is 0 Å². The molecule has 4 heteroatoms. The maximum absolute atomic E-state index is 5.71. The van der Waals surface area contributed by atoms with Crippen molar-refractivity contribution in [2.24, 2.45) is 5.73 Å². The zero-order valence-corrected chi connectivity index (χ0v) is 10.4. The molecule has 0 bridgehead atoms. The summed E-state index contributed by atoms with van der Waals surface area (Å²) in [5, 5.41) is 0. The highest BCUT2D eigenvalue weighted by Gasteiger charge is 2.20. The van der Waals surface area contributed by atoms with E-state index >= 15 is 0 Å². The predicted molar refractivity (Wildman–Crippen MR) is 69.0 cm³/mol. The van der Waals surface area contributed by atoms with Crippen molar-refractivity contribution in [2.75, 3.05) is 24.6 Å². The molecule has 0 aliphatic carbocycles. The van der Waals surface area contributed by atoms with Crippen molar-refractivity contribution in [1.29, 1.82) is 0 Å². The number of nitrogens with zero attached hydrogens (tertiary/aromatic N) is 2. The van der Waals surface area contributed by atoms with E-state index in [0.717, 1.165) is 25.4 Å². The second-order valence-corrected chi connectivity index (χ2v) is 4.38. The zero-order chi connectivity index (χ0) is 12.1. The van der Waals surface area contributed by atoms with E-state index in [1.54, 1.807) is 0 Å². The van der Waals surface area contributed by atoms with Crippen LogP contribution in [0.15, 0.2) is 18.3 Å². The average molecular weight is 235 g/mol. The molecule has 0 radical (unpaired) electrons. The Balaban J connectivity index is 2.05. The van der Waals surface area contributed by atoms with Gasteiger partial charge in [-0.3, -0.25) is 4.98 Å². The highest BCUT2D eigenvalue weighted by molar-refractivity contribution is 5.47. The molecule has 0 saturated carbocycles. The molecule has 1 aromatic heterocycles. The summed E-state index contributed by atoms with van der Waals surface area (Å²) in [6, 6.07) is 4.13. The summed E-state index contributed by atoms with van der Waals surface area (Å²) in [5.74, 6) is 0. The van der Waals surface area contributed by atoms with Crippen molar-refractivity contribution in [1.82, 2.24) is 4.98 Å². The van der Waals surface area contributed by atoms with Crippen molar-refractivity contribution in [3.8, 4) is 0 Å². The molecule has 1 atom stereocenters. The summed E-state index contributed by atoms with van der Waals surface area (Å²) in [4.78, 5) is 6.59. The first-order chi connectivity index (χ1) is 8.33. The molecule has 0 aromatic carbocycles. The minimum Gasteiger partial charge on any atom is -0.377 e. The average Bonchev–Trinajstić information content (AvgIpc) is 2.40. The topological polar surface area (TPSA) is 51.4 Å². The summed E-state index contributed by atoms with van der Waals surface area (Å²) in [5.41, 5.74) is 7.78. The molecule has 2 rings (SSSR count). The largest absolute Gasteiger partial charge is 0.377 e. The van der Waals surface area contributed by atoms with E-state index in [9.17, 15) is 0 Å². The summed E-state index contributed by atoms with van der Waals surface area (Å²) >= 11 is 0. The van der Waals surface area contributed by atoms with E-state index in [1.807, 2.05) is 12.3 Å². The molecule has 1 saturated heterocycles. The second-order valence-electron chi connectivity index (χ2n) is 4.38. The van der Waals surface area contributed by atoms with Crippen LogP contribution in [0.4, 0.5) is 5.69 Å². The maximum Gasteiger partial charge on any atom is 0.0750 e. The van der Waals surface area contributed by atoms with Gasteiger partial charge in [-0.05, 0) is 31.9 Å². The first kappa shape index (κ1) is 12.3. The lowest BCUT2D eigenvalue weighted by molar-refractivity contribution is 0.0526. The quantitative estimate of drug-likeness (QED) is 0.860. The second kappa shape index (κ2) is 5.98. The number of rotatable bonds is 4. The molecule has 17 heavy (non-hydrogen) atoms. The van der Waals surface area contributed by atoms with Crippen LogP contribution in [0.2, 0.25) is 0 Å². The van der Waals surface area contributed by atoms with Crippen LogP contribution in [0.3, 0.4) is 0 Å². The van der Waals surface area contributed by atoms with Gasteiger partial charge in [0.15, 0.2) is 0 Å². The van der Waals surface area contributed by atoms with Crippen molar-refractivity contribution in [3.05, 3.63) is 24.0 Å². The first-order valence-corrected chi connectivity index (χ1v) is 6.35. The molecule has 1 aromatic rings. The van der Waals surface area contributed by atoms with Crippen LogP contribution in [0.1, 0.15) is 25.5 Å². The van der Waals surface area contributed by atoms with Gasteiger partial charge in [0, 0.05) is 38.1 Å². The molecule has 0 amide bonds. The summed E-state index contributed by atoms with van der Waals surface area (Å²) in [7, 11) is 0. The van der Waals surface area contributed by atoms with Crippen LogP contribution in [-0.4, -0.2) is 30.8 Å². The molecule has 4 nitrogen and oxygen atoms in total. The van der Waals surface area contributed by atoms with Crippen LogP contribution in [0.25, 0.3) is 0 Å². The van der Waals surface area contributed by atoms with Gasteiger partial charge in [-0.2, -0.15) is 0 Å². The molecule has 2 N–H and O–H groups in total. The van der Waals surface area contributed by atoms with Gasteiger partial charge in [0.1, 0.15) is 0 Å². The summed E-state index contributed by atoms with van der Waals surface area (Å²) in [6.07, 6.45) is 4.55. The van der Waals surface area contributed by atoms with E-state index in [2.05, 4.69) is 22.9 Å². The number of hydrogen-bond acceptors (Lipinski definition) is 4. The van der Waals surface area contributed by atoms with Crippen LogP contribution < -0.4 is 10.6 Å². The number of aromatic nitrogens is 1. The fourth-order valence-electron chi connectivity index (χ4n) is 2.32. The van der Waals surface area contributed by atoms with Crippen LogP contribution in [0.5, 0.6) is 0 Å². The van der Waals surface area contributed by atoms with Gasteiger partial charge in [0.2, 0.25) is 0 Å². The third-order valence-corrected chi connectivity index (χ3v) is 3.15. The highest BCUT2D eigenvalue weighted by Crippen LogP contribution is 2.21. The number of pyridine rings is 1. The van der Waals surface area contributed by atoms with Crippen molar-refractivity contribution in [2.45, 2.75) is 32.4 Å². The van der Waals surface area contributed by atoms with Crippen molar-refractivity contribution >= 4 is 5.69 Å². The standard InChI is InChI=1S/C13H21N3O/c1-2-17-13-4-3-7-16(10-13)12-5-6-15-11(8-12)9-14/h5-6,8,13H,2-4,7,9-10,14H2,1H3. The molecule has 1 fully saturated rings. The fraction of sp³-hybridized carbons (Fsp3) is 0.615. The molecule has 1 unspecified atom stereocenters. The third-order valence-electron chi connectivity index (χ3n) is 3.15. The third kappa shape index (κ3) is 3.17. The van der Waals surface area contributed by atoms with Gasteiger partial charge in [0.25, 0.3) is 0 Å². The van der Waals surface area contributed by atoms with E-state index < -0.39 is 0 Å². The fourth-order valence-corrected chi connectivity index (χ4v) is 2.32. The van der Waals surface area contributed by atoms with Crippen molar-refractivity contribution < 1.29 is 4.74 Å².